The minimum atomic E-state index is -0.294. The van der Waals surface area contributed by atoms with Crippen molar-refractivity contribution in [3.05, 3.63) is 53.5 Å². The van der Waals surface area contributed by atoms with Gasteiger partial charge in [-0.1, -0.05) is 12.1 Å². The van der Waals surface area contributed by atoms with Gasteiger partial charge in [-0.05, 0) is 36.8 Å². The molecule has 21 heavy (non-hydrogen) atoms. The van der Waals surface area contributed by atoms with Crippen LogP contribution in [-0.4, -0.2) is 34.6 Å². The van der Waals surface area contributed by atoms with Gasteiger partial charge in [0.1, 0.15) is 11.6 Å². The molecule has 0 saturated carbocycles. The van der Waals surface area contributed by atoms with Crippen molar-refractivity contribution < 1.29 is 9.18 Å². The molecule has 0 aliphatic heterocycles. The van der Waals surface area contributed by atoms with Gasteiger partial charge in [0, 0.05) is 20.1 Å². The summed E-state index contributed by atoms with van der Waals surface area (Å²) in [6.45, 7) is 3.08. The summed E-state index contributed by atoms with van der Waals surface area (Å²) < 4.78 is 12.8. The Morgan fingerprint density at radius 2 is 1.90 bits per heavy atom. The van der Waals surface area contributed by atoms with Crippen molar-refractivity contribution in [1.82, 2.24) is 15.1 Å². The van der Waals surface area contributed by atoms with Crippen LogP contribution >= 0.6 is 0 Å². The van der Waals surface area contributed by atoms with Crippen molar-refractivity contribution in [1.29, 1.82) is 0 Å². The van der Waals surface area contributed by atoms with Gasteiger partial charge in [0.25, 0.3) is 5.91 Å². The summed E-state index contributed by atoms with van der Waals surface area (Å²) in [6, 6.07) is 9.40. The first-order chi connectivity index (χ1) is 10.1. The number of hydrogen-bond acceptors (Lipinski definition) is 4. The molecule has 6 heteroatoms. The lowest BCUT2D eigenvalue weighted by Gasteiger charge is -2.16. The van der Waals surface area contributed by atoms with Crippen molar-refractivity contribution in [2.75, 3.05) is 18.9 Å². The summed E-state index contributed by atoms with van der Waals surface area (Å²) in [5.74, 6) is 0.114. The van der Waals surface area contributed by atoms with Gasteiger partial charge < -0.3 is 10.2 Å². The lowest BCUT2D eigenvalue weighted by Crippen LogP contribution is -2.27. The van der Waals surface area contributed by atoms with E-state index in [1.807, 2.05) is 6.92 Å². The number of aromatic nitrogens is 2. The quantitative estimate of drug-likeness (QED) is 0.917. The molecule has 0 aliphatic rings. The zero-order chi connectivity index (χ0) is 15.2. The van der Waals surface area contributed by atoms with Crippen LogP contribution in [0, 0.1) is 5.82 Å². The third-order valence-electron chi connectivity index (χ3n) is 2.92. The number of carbonyl (C=O) groups is 1. The first-order valence-electron chi connectivity index (χ1n) is 6.67. The van der Waals surface area contributed by atoms with Gasteiger partial charge in [0.05, 0.1) is 0 Å². The van der Waals surface area contributed by atoms with Gasteiger partial charge in [-0.2, -0.15) is 0 Å². The summed E-state index contributed by atoms with van der Waals surface area (Å²) in [5, 5.41) is 10.9. The van der Waals surface area contributed by atoms with E-state index in [0.717, 1.165) is 12.1 Å². The number of hydrogen-bond donors (Lipinski definition) is 1. The predicted octanol–water partition coefficient (Wildman–Crippen LogP) is 2.32. The maximum absolute atomic E-state index is 12.8. The van der Waals surface area contributed by atoms with Crippen LogP contribution in [0.5, 0.6) is 0 Å². The van der Waals surface area contributed by atoms with E-state index in [1.54, 1.807) is 31.3 Å². The van der Waals surface area contributed by atoms with Crippen LogP contribution in [0.15, 0.2) is 36.4 Å². The van der Waals surface area contributed by atoms with Crippen LogP contribution in [0.25, 0.3) is 0 Å². The van der Waals surface area contributed by atoms with Crippen LogP contribution in [0.3, 0.4) is 0 Å². The Labute approximate surface area is 122 Å². The van der Waals surface area contributed by atoms with E-state index >= 15 is 0 Å². The molecule has 1 aromatic heterocycles. The number of anilines is 1. The summed E-state index contributed by atoms with van der Waals surface area (Å²) >= 11 is 0. The molecule has 0 atom stereocenters. The van der Waals surface area contributed by atoms with Crippen molar-refractivity contribution >= 4 is 11.7 Å². The molecule has 0 spiro atoms. The largest absolute Gasteiger partial charge is 0.369 e. The molecule has 0 unspecified atom stereocenters. The maximum Gasteiger partial charge on any atom is 0.274 e. The third kappa shape index (κ3) is 3.98. The van der Waals surface area contributed by atoms with Crippen LogP contribution in [-0.2, 0) is 6.54 Å². The Bertz CT molecular complexity index is 598. The highest BCUT2D eigenvalue weighted by atomic mass is 19.1. The van der Waals surface area contributed by atoms with Gasteiger partial charge in [0.2, 0.25) is 0 Å². The highest BCUT2D eigenvalue weighted by Crippen LogP contribution is 2.09. The molecule has 2 aromatic rings. The molecule has 2 rings (SSSR count). The second-order valence-electron chi connectivity index (χ2n) is 4.62. The number of carbonyl (C=O) groups excluding carboxylic acids is 1. The zero-order valence-electron chi connectivity index (χ0n) is 12.0. The number of halogens is 1. The number of nitrogens with one attached hydrogen (secondary N) is 1. The highest BCUT2D eigenvalue weighted by molar-refractivity contribution is 5.92. The van der Waals surface area contributed by atoms with Crippen LogP contribution in [0.1, 0.15) is 23.0 Å². The fourth-order valence-corrected chi connectivity index (χ4v) is 1.85. The van der Waals surface area contributed by atoms with E-state index in [-0.39, 0.29) is 17.4 Å². The second kappa shape index (κ2) is 6.78. The van der Waals surface area contributed by atoms with E-state index in [2.05, 4.69) is 15.5 Å². The van der Waals surface area contributed by atoms with E-state index < -0.39 is 0 Å². The molecule has 5 nitrogen and oxygen atoms in total. The van der Waals surface area contributed by atoms with Gasteiger partial charge in [-0.25, -0.2) is 4.39 Å². The summed E-state index contributed by atoms with van der Waals surface area (Å²) in [4.78, 5) is 13.7. The molecular weight excluding hydrogens is 271 g/mol. The van der Waals surface area contributed by atoms with Crippen molar-refractivity contribution in [3.63, 3.8) is 0 Å². The molecule has 1 N–H and O–H groups in total. The predicted molar refractivity (Wildman–Crippen MR) is 78.4 cm³/mol. The van der Waals surface area contributed by atoms with Crippen LogP contribution in [0.2, 0.25) is 0 Å². The van der Waals surface area contributed by atoms with E-state index in [4.69, 9.17) is 0 Å². The molecule has 0 radical (unpaired) electrons. The average Bonchev–Trinajstić information content (AvgIpc) is 2.50. The SMILES string of the molecule is CCNc1ccc(C(=O)N(C)Cc2ccc(F)cc2)nn1. The summed E-state index contributed by atoms with van der Waals surface area (Å²) in [5.41, 5.74) is 1.13. The van der Waals surface area contributed by atoms with Crippen molar-refractivity contribution in [2.24, 2.45) is 0 Å². The molecule has 0 saturated heterocycles. The van der Waals surface area contributed by atoms with Gasteiger partial charge in [-0.3, -0.25) is 4.79 Å². The Balaban J connectivity index is 2.02. The van der Waals surface area contributed by atoms with E-state index in [1.165, 1.54) is 17.0 Å². The van der Waals surface area contributed by atoms with Crippen LogP contribution < -0.4 is 5.32 Å². The fourth-order valence-electron chi connectivity index (χ4n) is 1.85. The highest BCUT2D eigenvalue weighted by Gasteiger charge is 2.14. The Hall–Kier alpha value is -2.50. The molecule has 0 bridgehead atoms. The summed E-state index contributed by atoms with van der Waals surface area (Å²) in [7, 11) is 1.67. The van der Waals surface area contributed by atoms with Crippen molar-refractivity contribution in [2.45, 2.75) is 13.5 Å². The van der Waals surface area contributed by atoms with Gasteiger partial charge in [-0.15, -0.1) is 10.2 Å². The minimum Gasteiger partial charge on any atom is -0.369 e. The molecule has 0 aliphatic carbocycles. The smallest absolute Gasteiger partial charge is 0.274 e. The lowest BCUT2D eigenvalue weighted by atomic mass is 10.2. The van der Waals surface area contributed by atoms with E-state index in [0.29, 0.717) is 12.4 Å². The summed E-state index contributed by atoms with van der Waals surface area (Å²) in [6.07, 6.45) is 0. The Morgan fingerprint density at radius 3 is 2.48 bits per heavy atom. The molecule has 1 aromatic carbocycles. The Kier molecular flexibility index (Phi) is 4.81. The standard InChI is InChI=1S/C15H17FN4O/c1-3-17-14-9-8-13(18-19-14)15(21)20(2)10-11-4-6-12(16)7-5-11/h4-9H,3,10H2,1-2H3,(H,17,19). The monoisotopic (exact) mass is 288 g/mol. The molecular formula is C15H17FN4O. The average molecular weight is 288 g/mol. The topological polar surface area (TPSA) is 58.1 Å². The lowest BCUT2D eigenvalue weighted by molar-refractivity contribution is 0.0778. The number of nitrogens with zero attached hydrogens (tertiary/aromatic N) is 3. The maximum atomic E-state index is 12.8. The minimum absolute atomic E-state index is 0.227. The molecule has 0 fully saturated rings. The zero-order valence-corrected chi connectivity index (χ0v) is 12.0. The van der Waals surface area contributed by atoms with Crippen molar-refractivity contribution in [3.8, 4) is 0 Å². The van der Waals surface area contributed by atoms with Gasteiger partial charge >= 0.3 is 0 Å². The first-order valence-corrected chi connectivity index (χ1v) is 6.67. The fraction of sp³-hybridized carbons (Fsp3) is 0.267. The number of benzene rings is 1. The first kappa shape index (κ1) is 14.9. The molecule has 1 heterocycles. The third-order valence-corrected chi connectivity index (χ3v) is 2.92. The normalized spacial score (nSPS) is 10.2. The van der Waals surface area contributed by atoms with Crippen LogP contribution in [0.4, 0.5) is 10.2 Å². The second-order valence-corrected chi connectivity index (χ2v) is 4.62. The number of amides is 1. The molecule has 110 valence electrons. The Morgan fingerprint density at radius 1 is 1.19 bits per heavy atom. The number of rotatable bonds is 5. The van der Waals surface area contributed by atoms with E-state index in [9.17, 15) is 9.18 Å². The van der Waals surface area contributed by atoms with Gasteiger partial charge in [0.15, 0.2) is 5.69 Å². The molecule has 1 amide bonds.